The van der Waals surface area contributed by atoms with Gasteiger partial charge >= 0.3 is 0 Å². The minimum atomic E-state index is -3.30. The van der Waals surface area contributed by atoms with Gasteiger partial charge in [0.15, 0.2) is 0 Å². The van der Waals surface area contributed by atoms with Crippen molar-refractivity contribution in [3.05, 3.63) is 0 Å². The summed E-state index contributed by atoms with van der Waals surface area (Å²) >= 11 is 0. The molecule has 6 nitrogen and oxygen atoms in total. The standard InChI is InChI=1S/2C11H17NO2S.4CH4/c1-5-7-9-12(11(3)4)15(13,14)10-8-6-2;1-5-7-9-12(10-8-6-2)15(13,14)11(3)4;;;;/h2*11H,9-10H2,1-4H3;4*1H4. The predicted molar refractivity (Wildman–Crippen MR) is 152 cm³/mol. The maximum atomic E-state index is 11.8. The lowest BCUT2D eigenvalue weighted by Crippen LogP contribution is -2.38. The van der Waals surface area contributed by atoms with Crippen LogP contribution in [0.15, 0.2) is 0 Å². The molecule has 0 N–H and O–H groups in total. The predicted octanol–water partition coefficient (Wildman–Crippen LogP) is 4.69. The average molecular weight is 519 g/mol. The van der Waals surface area contributed by atoms with Gasteiger partial charge in [-0.1, -0.05) is 53.4 Å². The normalized spacial score (nSPS) is 9.29. The Morgan fingerprint density at radius 3 is 1.26 bits per heavy atom. The molecular formula is C26H50N2O4S2. The molecule has 0 saturated carbocycles. The number of hydrogen-bond acceptors (Lipinski definition) is 4. The van der Waals surface area contributed by atoms with E-state index in [1.807, 2.05) is 13.8 Å². The van der Waals surface area contributed by atoms with Gasteiger partial charge in [0.2, 0.25) is 20.0 Å². The van der Waals surface area contributed by atoms with Crippen LogP contribution < -0.4 is 0 Å². The summed E-state index contributed by atoms with van der Waals surface area (Å²) in [5.74, 6) is 21.3. The fourth-order valence-electron chi connectivity index (χ4n) is 1.87. The first-order valence-electron chi connectivity index (χ1n) is 9.49. The average Bonchev–Trinajstić information content (AvgIpc) is 2.66. The molecule has 0 aromatic heterocycles. The first-order chi connectivity index (χ1) is 13.9. The van der Waals surface area contributed by atoms with E-state index in [0.717, 1.165) is 0 Å². The van der Waals surface area contributed by atoms with Crippen molar-refractivity contribution >= 4 is 20.0 Å². The van der Waals surface area contributed by atoms with Gasteiger partial charge in [-0.05, 0) is 55.4 Å². The molecule has 0 heterocycles. The maximum Gasteiger partial charge on any atom is 0.226 e. The highest BCUT2D eigenvalue weighted by molar-refractivity contribution is 7.89. The summed E-state index contributed by atoms with van der Waals surface area (Å²) in [4.78, 5) is 0. The third kappa shape index (κ3) is 18.5. The molecule has 0 atom stereocenters. The zero-order chi connectivity index (χ0) is 23.8. The van der Waals surface area contributed by atoms with Crippen molar-refractivity contribution in [1.82, 2.24) is 8.61 Å². The molecule has 0 aliphatic heterocycles. The molecule has 0 radical (unpaired) electrons. The van der Waals surface area contributed by atoms with Gasteiger partial charge in [-0.2, -0.15) is 8.61 Å². The van der Waals surface area contributed by atoms with E-state index in [4.69, 9.17) is 0 Å². The van der Waals surface area contributed by atoms with Crippen LogP contribution in [0.4, 0.5) is 0 Å². The molecule has 0 saturated heterocycles. The SMILES string of the molecule is C.C.C.C.CC#CCN(C(C)C)S(=O)(=O)CC#CC.CC#CCN(CC#CC)S(=O)(=O)C(C)C. The molecule has 0 amide bonds. The quantitative estimate of drug-likeness (QED) is 0.437. The second kappa shape index (κ2) is 24.2. The summed E-state index contributed by atoms with van der Waals surface area (Å²) in [6.45, 7) is 14.3. The summed E-state index contributed by atoms with van der Waals surface area (Å²) in [7, 11) is -6.55. The molecule has 200 valence electrons. The van der Waals surface area contributed by atoms with Crippen LogP contribution in [0.3, 0.4) is 0 Å². The fraction of sp³-hybridized carbons (Fsp3) is 0.692. The summed E-state index contributed by atoms with van der Waals surface area (Å²) in [6, 6.07) is -0.0884. The summed E-state index contributed by atoms with van der Waals surface area (Å²) < 4.78 is 49.9. The van der Waals surface area contributed by atoms with Crippen LogP contribution in [-0.2, 0) is 20.0 Å². The van der Waals surface area contributed by atoms with Crippen molar-refractivity contribution in [2.45, 2.75) is 96.4 Å². The van der Waals surface area contributed by atoms with Crippen LogP contribution in [-0.4, -0.2) is 62.1 Å². The van der Waals surface area contributed by atoms with Gasteiger partial charge in [0.25, 0.3) is 0 Å². The lowest BCUT2D eigenvalue weighted by Gasteiger charge is -2.22. The summed E-state index contributed by atoms with van der Waals surface area (Å²) in [6.07, 6.45) is 0. The molecule has 0 spiro atoms. The van der Waals surface area contributed by atoms with Crippen LogP contribution >= 0.6 is 0 Å². The van der Waals surface area contributed by atoms with Crippen LogP contribution in [0.5, 0.6) is 0 Å². The first kappa shape index (κ1) is 45.5. The number of rotatable bonds is 8. The molecule has 0 aromatic carbocycles. The third-order valence-electron chi connectivity index (χ3n) is 3.60. The van der Waals surface area contributed by atoms with E-state index >= 15 is 0 Å². The largest absolute Gasteiger partial charge is 0.226 e. The van der Waals surface area contributed by atoms with E-state index in [1.54, 1.807) is 41.5 Å². The summed E-state index contributed by atoms with van der Waals surface area (Å²) in [5.41, 5.74) is 0. The van der Waals surface area contributed by atoms with Gasteiger partial charge in [0.05, 0.1) is 24.9 Å². The van der Waals surface area contributed by atoms with Crippen LogP contribution in [0.1, 0.15) is 85.1 Å². The van der Waals surface area contributed by atoms with Crippen molar-refractivity contribution in [1.29, 1.82) is 0 Å². The van der Waals surface area contributed by atoms with E-state index in [1.165, 1.54) is 8.61 Å². The Balaban J connectivity index is -0.000000103. The van der Waals surface area contributed by atoms with Crippen LogP contribution in [0.25, 0.3) is 0 Å². The monoisotopic (exact) mass is 518 g/mol. The van der Waals surface area contributed by atoms with Gasteiger partial charge in [-0.25, -0.2) is 16.8 Å². The first-order valence-corrected chi connectivity index (χ1v) is 12.6. The Kier molecular flexibility index (Phi) is 32.4. The minimum Gasteiger partial charge on any atom is -0.212 e. The Morgan fingerprint density at radius 1 is 0.618 bits per heavy atom. The molecule has 34 heavy (non-hydrogen) atoms. The highest BCUT2D eigenvalue weighted by atomic mass is 32.2. The minimum absolute atomic E-state index is 0. The van der Waals surface area contributed by atoms with Crippen molar-refractivity contribution in [2.75, 3.05) is 25.4 Å². The zero-order valence-electron chi connectivity index (χ0n) is 19.3. The smallest absolute Gasteiger partial charge is 0.212 e. The van der Waals surface area contributed by atoms with Crippen molar-refractivity contribution in [3.8, 4) is 47.4 Å². The Bertz CT molecular complexity index is 946. The fourth-order valence-corrected chi connectivity index (χ4v) is 4.36. The van der Waals surface area contributed by atoms with Crippen molar-refractivity contribution in [2.24, 2.45) is 0 Å². The highest BCUT2D eigenvalue weighted by Gasteiger charge is 2.24. The second-order valence-corrected chi connectivity index (χ2v) is 10.9. The topological polar surface area (TPSA) is 74.8 Å². The van der Waals surface area contributed by atoms with E-state index in [-0.39, 0.29) is 61.1 Å². The molecule has 0 aromatic rings. The lowest BCUT2D eigenvalue weighted by molar-refractivity contribution is 0.389. The van der Waals surface area contributed by atoms with Gasteiger partial charge < -0.3 is 0 Å². The molecule has 0 aliphatic carbocycles. The van der Waals surface area contributed by atoms with Gasteiger partial charge in [0, 0.05) is 6.04 Å². The molecule has 0 unspecified atom stereocenters. The second-order valence-electron chi connectivity index (χ2n) is 6.46. The van der Waals surface area contributed by atoms with E-state index < -0.39 is 25.3 Å². The Labute approximate surface area is 214 Å². The van der Waals surface area contributed by atoms with Gasteiger partial charge in [-0.15, -0.1) is 23.7 Å². The molecule has 0 rings (SSSR count). The highest BCUT2D eigenvalue weighted by Crippen LogP contribution is 2.07. The number of hydrogen-bond donors (Lipinski definition) is 0. The Hall–Kier alpha value is -1.94. The molecular weight excluding hydrogens is 468 g/mol. The molecule has 0 fully saturated rings. The van der Waals surface area contributed by atoms with E-state index in [0.29, 0.717) is 0 Å². The van der Waals surface area contributed by atoms with Gasteiger partial charge in [-0.3, -0.25) is 0 Å². The summed E-state index contributed by atoms with van der Waals surface area (Å²) in [5, 5.41) is -0.435. The van der Waals surface area contributed by atoms with E-state index in [2.05, 4.69) is 47.4 Å². The third-order valence-corrected chi connectivity index (χ3v) is 7.54. The number of nitrogens with zero attached hydrogens (tertiary/aromatic N) is 2. The van der Waals surface area contributed by atoms with E-state index in [9.17, 15) is 16.8 Å². The van der Waals surface area contributed by atoms with Crippen molar-refractivity contribution in [3.63, 3.8) is 0 Å². The molecule has 0 bridgehead atoms. The molecule has 8 heteroatoms. The van der Waals surface area contributed by atoms with Crippen LogP contribution in [0.2, 0.25) is 0 Å². The lowest BCUT2D eigenvalue weighted by atomic mass is 10.4. The number of sulfonamides is 2. The Morgan fingerprint density at radius 2 is 0.971 bits per heavy atom. The van der Waals surface area contributed by atoms with Crippen LogP contribution in [0, 0.1) is 47.4 Å². The van der Waals surface area contributed by atoms with Crippen molar-refractivity contribution < 1.29 is 16.8 Å². The van der Waals surface area contributed by atoms with Gasteiger partial charge in [0.1, 0.15) is 5.75 Å². The zero-order valence-corrected chi connectivity index (χ0v) is 21.0. The molecule has 0 aliphatic rings. The maximum absolute atomic E-state index is 11.8.